The third-order valence-electron chi connectivity index (χ3n) is 2.34. The number of ether oxygens (including phenoxy) is 3. The van der Waals surface area contributed by atoms with Crippen molar-refractivity contribution in [1.82, 2.24) is 0 Å². The minimum atomic E-state index is -1.18. The molecular weight excluding hydrogens is 252 g/mol. The first kappa shape index (κ1) is 15.1. The molecule has 1 aromatic rings. The van der Waals surface area contributed by atoms with Gasteiger partial charge in [-0.05, 0) is 19.1 Å². The maximum absolute atomic E-state index is 11.8. The highest BCUT2D eigenvalue weighted by Crippen LogP contribution is 2.11. The van der Waals surface area contributed by atoms with E-state index in [1.807, 2.05) is 0 Å². The standard InChI is InChI=1S/C13H16O6/c1-3-18-11(17-2)8-19-13(16)10-7-5-4-6-9(10)12(14)15/h4-7,11H,3,8H2,1-2H3,(H,14,15)/t11-/m1/s1. The molecule has 0 aliphatic carbocycles. The van der Waals surface area contributed by atoms with Gasteiger partial charge in [0.2, 0.25) is 0 Å². The van der Waals surface area contributed by atoms with Crippen molar-refractivity contribution < 1.29 is 28.9 Å². The molecule has 6 heteroatoms. The van der Waals surface area contributed by atoms with Crippen LogP contribution < -0.4 is 0 Å². The fourth-order valence-corrected chi connectivity index (χ4v) is 1.44. The molecular formula is C13H16O6. The zero-order valence-corrected chi connectivity index (χ0v) is 10.8. The van der Waals surface area contributed by atoms with Gasteiger partial charge >= 0.3 is 11.9 Å². The van der Waals surface area contributed by atoms with Crippen LogP contribution in [0.5, 0.6) is 0 Å². The minimum absolute atomic E-state index is 0.00125. The van der Waals surface area contributed by atoms with Gasteiger partial charge in [0.25, 0.3) is 0 Å². The number of hydrogen-bond acceptors (Lipinski definition) is 5. The van der Waals surface area contributed by atoms with Crippen molar-refractivity contribution in [3.63, 3.8) is 0 Å². The molecule has 19 heavy (non-hydrogen) atoms. The number of methoxy groups -OCH3 is 1. The summed E-state index contributed by atoms with van der Waals surface area (Å²) in [7, 11) is 1.43. The summed E-state index contributed by atoms with van der Waals surface area (Å²) in [5.74, 6) is -1.90. The summed E-state index contributed by atoms with van der Waals surface area (Å²) in [6.45, 7) is 2.10. The lowest BCUT2D eigenvalue weighted by Crippen LogP contribution is -2.24. The van der Waals surface area contributed by atoms with Gasteiger partial charge in [0.05, 0.1) is 11.1 Å². The third-order valence-corrected chi connectivity index (χ3v) is 2.34. The second-order valence-electron chi connectivity index (χ2n) is 3.57. The molecule has 1 atom stereocenters. The van der Waals surface area contributed by atoms with Gasteiger partial charge in [-0.25, -0.2) is 9.59 Å². The number of carboxylic acid groups (broad SMARTS) is 1. The summed E-state index contributed by atoms with van der Waals surface area (Å²) in [6, 6.07) is 5.85. The Labute approximate surface area is 110 Å². The van der Waals surface area contributed by atoms with Crippen LogP contribution in [0.4, 0.5) is 0 Å². The first-order valence-electron chi connectivity index (χ1n) is 5.74. The van der Waals surface area contributed by atoms with Gasteiger partial charge < -0.3 is 19.3 Å². The Kier molecular flexibility index (Phi) is 5.98. The summed E-state index contributed by atoms with van der Waals surface area (Å²) < 4.78 is 15.1. The van der Waals surface area contributed by atoms with Crippen molar-refractivity contribution in [2.75, 3.05) is 20.3 Å². The summed E-state index contributed by atoms with van der Waals surface area (Å²) in [4.78, 5) is 22.8. The van der Waals surface area contributed by atoms with Gasteiger partial charge in [-0.1, -0.05) is 12.1 Å². The zero-order chi connectivity index (χ0) is 14.3. The topological polar surface area (TPSA) is 82.1 Å². The molecule has 6 nitrogen and oxygen atoms in total. The Morgan fingerprint density at radius 3 is 2.42 bits per heavy atom. The van der Waals surface area contributed by atoms with Gasteiger partial charge in [0.1, 0.15) is 6.61 Å². The van der Waals surface area contributed by atoms with Crippen LogP contribution in [0, 0.1) is 0 Å². The van der Waals surface area contributed by atoms with Crippen LogP contribution in [-0.2, 0) is 14.2 Å². The first-order valence-corrected chi connectivity index (χ1v) is 5.74. The Bertz CT molecular complexity index is 443. The summed E-state index contributed by atoms with van der Waals surface area (Å²) in [6.07, 6.45) is -0.661. The molecule has 1 N–H and O–H groups in total. The van der Waals surface area contributed by atoms with Gasteiger partial charge in [-0.3, -0.25) is 0 Å². The molecule has 0 aliphatic heterocycles. The Balaban J connectivity index is 2.71. The van der Waals surface area contributed by atoms with Gasteiger partial charge in [0, 0.05) is 13.7 Å². The lowest BCUT2D eigenvalue weighted by Gasteiger charge is -2.15. The molecule has 0 unspecified atom stereocenters. The van der Waals surface area contributed by atoms with Gasteiger partial charge in [0.15, 0.2) is 6.29 Å². The van der Waals surface area contributed by atoms with Crippen LogP contribution in [0.2, 0.25) is 0 Å². The van der Waals surface area contributed by atoms with Gasteiger partial charge in [-0.2, -0.15) is 0 Å². The highest BCUT2D eigenvalue weighted by Gasteiger charge is 2.18. The maximum Gasteiger partial charge on any atom is 0.339 e. The molecule has 0 aliphatic rings. The molecule has 0 heterocycles. The van der Waals surface area contributed by atoms with E-state index in [1.165, 1.54) is 19.2 Å². The van der Waals surface area contributed by atoms with Crippen molar-refractivity contribution in [3.05, 3.63) is 35.4 Å². The number of esters is 1. The number of aromatic carboxylic acids is 1. The van der Waals surface area contributed by atoms with Crippen molar-refractivity contribution in [3.8, 4) is 0 Å². The fraction of sp³-hybridized carbons (Fsp3) is 0.385. The van der Waals surface area contributed by atoms with E-state index in [1.54, 1.807) is 19.1 Å². The van der Waals surface area contributed by atoms with Gasteiger partial charge in [-0.15, -0.1) is 0 Å². The molecule has 0 radical (unpaired) electrons. The summed E-state index contributed by atoms with van der Waals surface area (Å²) in [5, 5.41) is 8.97. The molecule has 104 valence electrons. The van der Waals surface area contributed by atoms with Crippen LogP contribution in [0.15, 0.2) is 24.3 Å². The van der Waals surface area contributed by atoms with E-state index in [4.69, 9.17) is 19.3 Å². The average Bonchev–Trinajstić information content (AvgIpc) is 2.43. The van der Waals surface area contributed by atoms with E-state index < -0.39 is 18.2 Å². The van der Waals surface area contributed by atoms with E-state index in [2.05, 4.69) is 0 Å². The number of carbonyl (C=O) groups excluding carboxylic acids is 1. The van der Waals surface area contributed by atoms with E-state index >= 15 is 0 Å². The minimum Gasteiger partial charge on any atom is -0.478 e. The van der Waals surface area contributed by atoms with E-state index in [9.17, 15) is 9.59 Å². The Morgan fingerprint density at radius 2 is 1.89 bits per heavy atom. The van der Waals surface area contributed by atoms with Crippen LogP contribution in [0.25, 0.3) is 0 Å². The predicted molar refractivity (Wildman–Crippen MR) is 66.1 cm³/mol. The largest absolute Gasteiger partial charge is 0.478 e. The monoisotopic (exact) mass is 268 g/mol. The molecule has 0 fully saturated rings. The summed E-state index contributed by atoms with van der Waals surface area (Å²) in [5.41, 5.74) is -0.0979. The molecule has 0 saturated carbocycles. The highest BCUT2D eigenvalue weighted by atomic mass is 16.7. The number of carbonyl (C=O) groups is 2. The quantitative estimate of drug-likeness (QED) is 0.597. The number of hydrogen-bond donors (Lipinski definition) is 1. The lowest BCUT2D eigenvalue weighted by atomic mass is 10.1. The number of rotatable bonds is 7. The van der Waals surface area contributed by atoms with Crippen molar-refractivity contribution in [2.45, 2.75) is 13.2 Å². The maximum atomic E-state index is 11.8. The average molecular weight is 268 g/mol. The summed E-state index contributed by atoms with van der Waals surface area (Å²) >= 11 is 0. The molecule has 0 saturated heterocycles. The predicted octanol–water partition coefficient (Wildman–Crippen LogP) is 1.55. The van der Waals surface area contributed by atoms with Crippen LogP contribution in [0.3, 0.4) is 0 Å². The molecule has 0 spiro atoms. The molecule has 1 rings (SSSR count). The smallest absolute Gasteiger partial charge is 0.339 e. The fourth-order valence-electron chi connectivity index (χ4n) is 1.44. The second kappa shape index (κ2) is 7.50. The number of carboxylic acids is 1. The number of benzene rings is 1. The second-order valence-corrected chi connectivity index (χ2v) is 3.57. The molecule has 0 bridgehead atoms. The van der Waals surface area contributed by atoms with E-state index in [0.717, 1.165) is 0 Å². The zero-order valence-electron chi connectivity index (χ0n) is 10.8. The SMILES string of the molecule is CCO[C@H](COC(=O)c1ccccc1C(=O)O)OC. The van der Waals surface area contributed by atoms with E-state index in [0.29, 0.717) is 6.61 Å². The van der Waals surface area contributed by atoms with Crippen molar-refractivity contribution in [2.24, 2.45) is 0 Å². The lowest BCUT2D eigenvalue weighted by molar-refractivity contribution is -0.144. The van der Waals surface area contributed by atoms with Crippen LogP contribution in [0.1, 0.15) is 27.6 Å². The Morgan fingerprint density at radius 1 is 1.26 bits per heavy atom. The normalized spacial score (nSPS) is 11.9. The Hall–Kier alpha value is -1.92. The third kappa shape index (κ3) is 4.35. The molecule has 0 amide bonds. The first-order chi connectivity index (χ1) is 9.10. The van der Waals surface area contributed by atoms with Crippen molar-refractivity contribution >= 4 is 11.9 Å². The van der Waals surface area contributed by atoms with E-state index in [-0.39, 0.29) is 17.7 Å². The van der Waals surface area contributed by atoms with Crippen molar-refractivity contribution in [1.29, 1.82) is 0 Å². The highest BCUT2D eigenvalue weighted by molar-refractivity contribution is 6.02. The van der Waals surface area contributed by atoms with Crippen LogP contribution in [-0.4, -0.2) is 43.7 Å². The molecule has 1 aromatic carbocycles. The van der Waals surface area contributed by atoms with Crippen LogP contribution >= 0.6 is 0 Å². The molecule has 0 aromatic heterocycles.